The molecule has 0 bridgehead atoms. The van der Waals surface area contributed by atoms with Crippen LogP contribution in [0.1, 0.15) is 47.0 Å². The van der Waals surface area contributed by atoms with Crippen LogP contribution in [0.15, 0.2) is 0 Å². The van der Waals surface area contributed by atoms with E-state index in [0.29, 0.717) is 18.1 Å². The predicted octanol–water partition coefficient (Wildman–Crippen LogP) is 1.10. The lowest BCUT2D eigenvalue weighted by molar-refractivity contribution is -0.124. The maximum absolute atomic E-state index is 11.7. The van der Waals surface area contributed by atoms with Crippen LogP contribution in [0.4, 0.5) is 0 Å². The van der Waals surface area contributed by atoms with Crippen molar-refractivity contribution in [3.8, 4) is 0 Å². The number of hydrogen-bond acceptors (Lipinski definition) is 3. The van der Waals surface area contributed by atoms with Gasteiger partial charge in [-0.05, 0) is 54.0 Å². The third-order valence-corrected chi connectivity index (χ3v) is 3.86. The Hall–Kier alpha value is -0.610. The van der Waals surface area contributed by atoms with Crippen LogP contribution in [-0.4, -0.2) is 41.5 Å². The first-order chi connectivity index (χ1) is 7.76. The Morgan fingerprint density at radius 1 is 1.47 bits per heavy atom. The minimum absolute atomic E-state index is 0.242. The Labute approximate surface area is 105 Å². The number of nitrogens with two attached hydrogens (primary N) is 1. The Bertz CT molecular complexity index is 276. The summed E-state index contributed by atoms with van der Waals surface area (Å²) >= 11 is 0. The number of carbonyl (C=O) groups excluding carboxylic acids is 1. The first-order valence-corrected chi connectivity index (χ1v) is 6.56. The van der Waals surface area contributed by atoms with Crippen molar-refractivity contribution in [3.63, 3.8) is 0 Å². The molecule has 4 heteroatoms. The van der Waals surface area contributed by atoms with E-state index in [-0.39, 0.29) is 5.91 Å². The lowest BCUT2D eigenvalue weighted by Crippen LogP contribution is -2.57. The van der Waals surface area contributed by atoms with Crippen LogP contribution < -0.4 is 11.1 Å². The molecule has 1 aliphatic rings. The Balaban J connectivity index is 2.61. The van der Waals surface area contributed by atoms with Crippen molar-refractivity contribution < 1.29 is 4.79 Å². The number of rotatable bonds is 7. The predicted molar refractivity (Wildman–Crippen MR) is 70.7 cm³/mol. The molecule has 3 N–H and O–H groups in total. The molecule has 17 heavy (non-hydrogen) atoms. The van der Waals surface area contributed by atoms with Crippen LogP contribution in [0.3, 0.4) is 0 Å². The van der Waals surface area contributed by atoms with Crippen LogP contribution in [0.25, 0.3) is 0 Å². The van der Waals surface area contributed by atoms with E-state index >= 15 is 0 Å². The smallest absolute Gasteiger partial charge is 0.237 e. The summed E-state index contributed by atoms with van der Waals surface area (Å²) in [6.07, 6.45) is 3.09. The van der Waals surface area contributed by atoms with Gasteiger partial charge in [0.2, 0.25) is 5.91 Å². The highest BCUT2D eigenvalue weighted by Crippen LogP contribution is 2.25. The summed E-state index contributed by atoms with van der Waals surface area (Å²) < 4.78 is 0. The number of hydrogen-bond donors (Lipinski definition) is 2. The molecule has 4 nitrogen and oxygen atoms in total. The molecule has 2 atom stereocenters. The maximum Gasteiger partial charge on any atom is 0.237 e. The molecule has 0 radical (unpaired) electrons. The SMILES string of the molecule is CC(C)N(C)C(C)CC(C)(NC1CC1)C(N)=O. The van der Waals surface area contributed by atoms with E-state index in [2.05, 4.69) is 38.0 Å². The normalized spacial score (nSPS) is 21.6. The summed E-state index contributed by atoms with van der Waals surface area (Å²) in [4.78, 5) is 13.9. The maximum atomic E-state index is 11.7. The molecule has 0 aromatic rings. The zero-order valence-corrected chi connectivity index (χ0v) is 11.8. The fraction of sp³-hybridized carbons (Fsp3) is 0.923. The van der Waals surface area contributed by atoms with E-state index < -0.39 is 5.54 Å². The van der Waals surface area contributed by atoms with Gasteiger partial charge >= 0.3 is 0 Å². The van der Waals surface area contributed by atoms with Crippen molar-refractivity contribution in [1.29, 1.82) is 0 Å². The molecule has 2 unspecified atom stereocenters. The molecular formula is C13H27N3O. The molecule has 100 valence electrons. The van der Waals surface area contributed by atoms with Crippen molar-refractivity contribution in [1.82, 2.24) is 10.2 Å². The third kappa shape index (κ3) is 3.96. The minimum atomic E-state index is -0.580. The first kappa shape index (κ1) is 14.5. The van der Waals surface area contributed by atoms with E-state index in [4.69, 9.17) is 5.73 Å². The quantitative estimate of drug-likeness (QED) is 0.702. The van der Waals surface area contributed by atoms with E-state index in [0.717, 1.165) is 19.3 Å². The molecule has 1 aliphatic carbocycles. The largest absolute Gasteiger partial charge is 0.368 e. The van der Waals surface area contributed by atoms with Gasteiger partial charge < -0.3 is 16.0 Å². The first-order valence-electron chi connectivity index (χ1n) is 6.56. The van der Waals surface area contributed by atoms with Crippen LogP contribution in [0.2, 0.25) is 0 Å². The topological polar surface area (TPSA) is 58.4 Å². The van der Waals surface area contributed by atoms with Crippen LogP contribution in [-0.2, 0) is 4.79 Å². The third-order valence-electron chi connectivity index (χ3n) is 3.86. The van der Waals surface area contributed by atoms with Gasteiger partial charge in [0.1, 0.15) is 0 Å². The molecular weight excluding hydrogens is 214 g/mol. The lowest BCUT2D eigenvalue weighted by atomic mass is 9.91. The van der Waals surface area contributed by atoms with Crippen molar-refractivity contribution in [2.45, 2.75) is 70.6 Å². The molecule has 0 spiro atoms. The zero-order chi connectivity index (χ0) is 13.2. The average Bonchev–Trinajstić information content (AvgIpc) is 2.99. The summed E-state index contributed by atoms with van der Waals surface area (Å²) in [5.74, 6) is -0.242. The summed E-state index contributed by atoms with van der Waals surface area (Å²) in [6.45, 7) is 8.40. The van der Waals surface area contributed by atoms with Crippen molar-refractivity contribution >= 4 is 5.91 Å². The number of carbonyl (C=O) groups is 1. The summed E-state index contributed by atoms with van der Waals surface area (Å²) in [7, 11) is 2.09. The molecule has 1 fully saturated rings. The summed E-state index contributed by atoms with van der Waals surface area (Å²) in [6, 6.07) is 1.30. The number of amides is 1. The number of primary amides is 1. The van der Waals surface area contributed by atoms with Crippen LogP contribution >= 0.6 is 0 Å². The van der Waals surface area contributed by atoms with Gasteiger partial charge in [0.05, 0.1) is 5.54 Å². The monoisotopic (exact) mass is 241 g/mol. The second-order valence-electron chi connectivity index (χ2n) is 5.93. The van der Waals surface area contributed by atoms with Crippen molar-refractivity contribution in [2.24, 2.45) is 5.73 Å². The summed E-state index contributed by atoms with van der Waals surface area (Å²) in [5.41, 5.74) is 4.97. The second-order valence-corrected chi connectivity index (χ2v) is 5.93. The second kappa shape index (κ2) is 5.36. The van der Waals surface area contributed by atoms with Gasteiger partial charge in [-0.25, -0.2) is 0 Å². The minimum Gasteiger partial charge on any atom is -0.368 e. The van der Waals surface area contributed by atoms with Gasteiger partial charge in [0.25, 0.3) is 0 Å². The highest BCUT2D eigenvalue weighted by Gasteiger charge is 2.38. The van der Waals surface area contributed by atoms with Gasteiger partial charge in [0.15, 0.2) is 0 Å². The molecule has 1 amide bonds. The van der Waals surface area contributed by atoms with Crippen LogP contribution in [0, 0.1) is 0 Å². The standard InChI is InChI=1S/C13H27N3O/c1-9(2)16(5)10(3)8-13(4,12(14)17)15-11-6-7-11/h9-11,15H,6-8H2,1-5H3,(H2,14,17). The van der Waals surface area contributed by atoms with Gasteiger partial charge in [-0.15, -0.1) is 0 Å². The Morgan fingerprint density at radius 2 is 2.00 bits per heavy atom. The highest BCUT2D eigenvalue weighted by atomic mass is 16.1. The van der Waals surface area contributed by atoms with E-state index in [1.165, 1.54) is 0 Å². The number of nitrogens with zero attached hydrogens (tertiary/aromatic N) is 1. The van der Waals surface area contributed by atoms with E-state index in [1.807, 2.05) is 6.92 Å². The van der Waals surface area contributed by atoms with Crippen LogP contribution in [0.5, 0.6) is 0 Å². The summed E-state index contributed by atoms with van der Waals surface area (Å²) in [5, 5.41) is 3.39. The van der Waals surface area contributed by atoms with Gasteiger partial charge in [-0.2, -0.15) is 0 Å². The molecule has 0 heterocycles. The highest BCUT2D eigenvalue weighted by molar-refractivity contribution is 5.84. The molecule has 0 aliphatic heterocycles. The van der Waals surface area contributed by atoms with Gasteiger partial charge in [-0.3, -0.25) is 4.79 Å². The van der Waals surface area contributed by atoms with Gasteiger partial charge in [0, 0.05) is 18.1 Å². The Kier molecular flexibility index (Phi) is 4.55. The van der Waals surface area contributed by atoms with Gasteiger partial charge in [-0.1, -0.05) is 0 Å². The molecule has 1 saturated carbocycles. The van der Waals surface area contributed by atoms with Crippen molar-refractivity contribution in [2.75, 3.05) is 7.05 Å². The zero-order valence-electron chi connectivity index (χ0n) is 11.8. The molecule has 1 rings (SSSR count). The Morgan fingerprint density at radius 3 is 2.35 bits per heavy atom. The van der Waals surface area contributed by atoms with Crippen molar-refractivity contribution in [3.05, 3.63) is 0 Å². The fourth-order valence-corrected chi connectivity index (χ4v) is 2.15. The molecule has 0 aromatic heterocycles. The van der Waals surface area contributed by atoms with E-state index in [9.17, 15) is 4.79 Å². The fourth-order valence-electron chi connectivity index (χ4n) is 2.15. The van der Waals surface area contributed by atoms with E-state index in [1.54, 1.807) is 0 Å². The lowest BCUT2D eigenvalue weighted by Gasteiger charge is -2.36. The average molecular weight is 241 g/mol. The molecule has 0 aromatic carbocycles. The molecule has 0 saturated heterocycles. The number of nitrogens with one attached hydrogen (secondary N) is 1.